The summed E-state index contributed by atoms with van der Waals surface area (Å²) in [6.07, 6.45) is 1.29. The Hall–Kier alpha value is -3.11. The molecule has 1 atom stereocenters. The minimum absolute atomic E-state index is 0.145. The van der Waals surface area contributed by atoms with Gasteiger partial charge in [0, 0.05) is 30.8 Å². The van der Waals surface area contributed by atoms with Crippen molar-refractivity contribution in [2.45, 2.75) is 32.4 Å². The smallest absolute Gasteiger partial charge is 0.338 e. The number of hydrogen-bond donors (Lipinski definition) is 3. The van der Waals surface area contributed by atoms with Crippen LogP contribution in [0.5, 0.6) is 5.75 Å². The summed E-state index contributed by atoms with van der Waals surface area (Å²) in [4.78, 5) is 39.2. The van der Waals surface area contributed by atoms with Gasteiger partial charge in [0.15, 0.2) is 0 Å². The molecule has 0 saturated carbocycles. The molecule has 2 heterocycles. The molecule has 0 radical (unpaired) electrons. The lowest BCUT2D eigenvalue weighted by atomic mass is 9.92. The molecule has 10 heteroatoms. The van der Waals surface area contributed by atoms with E-state index in [2.05, 4.69) is 15.5 Å². The van der Waals surface area contributed by atoms with Gasteiger partial charge >= 0.3 is 12.0 Å². The second-order valence-corrected chi connectivity index (χ2v) is 8.10. The van der Waals surface area contributed by atoms with E-state index in [1.54, 1.807) is 27.2 Å². The number of carbonyl (C=O) groups is 3. The quantitative estimate of drug-likeness (QED) is 0.472. The second-order valence-electron chi connectivity index (χ2n) is 8.10. The summed E-state index contributed by atoms with van der Waals surface area (Å²) in [7, 11) is 3.16. The summed E-state index contributed by atoms with van der Waals surface area (Å²) in [6, 6.07) is 4.35. The van der Waals surface area contributed by atoms with E-state index in [1.165, 1.54) is 0 Å². The maximum absolute atomic E-state index is 13.0. The molecule has 1 unspecified atom stereocenters. The van der Waals surface area contributed by atoms with E-state index < -0.39 is 18.0 Å². The Balaban J connectivity index is 1.95. The number of hydrogen-bond acceptors (Lipinski definition) is 7. The zero-order valence-electron chi connectivity index (χ0n) is 19.3. The van der Waals surface area contributed by atoms with Crippen LogP contribution in [0.2, 0.25) is 0 Å². The van der Waals surface area contributed by atoms with Gasteiger partial charge < -0.3 is 30.6 Å². The highest BCUT2D eigenvalue weighted by Gasteiger charge is 2.35. The fourth-order valence-corrected chi connectivity index (χ4v) is 4.29. The van der Waals surface area contributed by atoms with Crippen LogP contribution in [0.15, 0.2) is 29.5 Å². The lowest BCUT2D eigenvalue weighted by molar-refractivity contribution is -0.139. The molecular formula is C23H32N4O6. The third-order valence-electron chi connectivity index (χ3n) is 5.96. The van der Waals surface area contributed by atoms with Crippen LogP contribution in [-0.4, -0.2) is 63.3 Å². The molecule has 1 aromatic rings. The Morgan fingerprint density at radius 2 is 1.94 bits per heavy atom. The maximum atomic E-state index is 13.0. The molecule has 0 aromatic heterocycles. The summed E-state index contributed by atoms with van der Waals surface area (Å²) in [5.41, 5.74) is 7.78. The van der Waals surface area contributed by atoms with Gasteiger partial charge in [-0.3, -0.25) is 9.69 Å². The van der Waals surface area contributed by atoms with Crippen LogP contribution in [-0.2, 0) is 25.7 Å². The van der Waals surface area contributed by atoms with Crippen LogP contribution in [0, 0.1) is 5.92 Å². The number of carbonyl (C=O) groups excluding carboxylic acids is 3. The molecule has 2 aliphatic rings. The van der Waals surface area contributed by atoms with Crippen molar-refractivity contribution in [2.75, 3.05) is 40.5 Å². The third-order valence-corrected chi connectivity index (χ3v) is 5.96. The Bertz CT molecular complexity index is 924. The third kappa shape index (κ3) is 5.82. The molecule has 0 bridgehead atoms. The Labute approximate surface area is 193 Å². The number of primary amides is 1. The average Bonchev–Trinajstić information content (AvgIpc) is 2.79. The normalized spacial score (nSPS) is 19.6. The van der Waals surface area contributed by atoms with E-state index in [-0.39, 0.29) is 18.4 Å². The van der Waals surface area contributed by atoms with Crippen molar-refractivity contribution in [1.82, 2.24) is 15.5 Å². The molecule has 180 valence electrons. The van der Waals surface area contributed by atoms with Crippen LogP contribution in [0.25, 0.3) is 0 Å². The van der Waals surface area contributed by atoms with Crippen molar-refractivity contribution in [2.24, 2.45) is 11.7 Å². The number of esters is 1. The molecule has 1 saturated heterocycles. The summed E-state index contributed by atoms with van der Waals surface area (Å²) in [5.74, 6) is -0.280. The average molecular weight is 461 g/mol. The number of nitrogens with zero attached hydrogens (tertiary/aromatic N) is 1. The predicted molar refractivity (Wildman–Crippen MR) is 120 cm³/mol. The Morgan fingerprint density at radius 3 is 2.55 bits per heavy atom. The van der Waals surface area contributed by atoms with E-state index in [0.717, 1.165) is 5.56 Å². The van der Waals surface area contributed by atoms with Crippen molar-refractivity contribution >= 4 is 17.9 Å². The number of amides is 3. The van der Waals surface area contributed by atoms with Gasteiger partial charge in [0.2, 0.25) is 5.91 Å². The number of benzene rings is 1. The van der Waals surface area contributed by atoms with Crippen molar-refractivity contribution < 1.29 is 28.6 Å². The maximum Gasteiger partial charge on any atom is 0.338 e. The van der Waals surface area contributed by atoms with Gasteiger partial charge in [-0.2, -0.15) is 0 Å². The SMILES string of the molecule is CCOC(=O)C1=C(CN2CCC(C(N)=O)CC2)NC(=O)NC1c1ccc(OC)c(COC)c1. The molecule has 1 aromatic carbocycles. The molecule has 2 aliphatic heterocycles. The summed E-state index contributed by atoms with van der Waals surface area (Å²) < 4.78 is 16.0. The number of likely N-dealkylation sites (tertiary alicyclic amines) is 1. The number of ether oxygens (including phenoxy) is 3. The molecular weight excluding hydrogens is 428 g/mol. The number of methoxy groups -OCH3 is 2. The molecule has 10 nitrogen and oxygen atoms in total. The van der Waals surface area contributed by atoms with Crippen molar-refractivity contribution in [3.63, 3.8) is 0 Å². The van der Waals surface area contributed by atoms with Gasteiger partial charge in [0.05, 0.1) is 31.9 Å². The highest BCUT2D eigenvalue weighted by Crippen LogP contribution is 2.32. The van der Waals surface area contributed by atoms with Crippen LogP contribution < -0.4 is 21.1 Å². The molecule has 1 fully saturated rings. The van der Waals surface area contributed by atoms with Gasteiger partial charge in [-0.15, -0.1) is 0 Å². The van der Waals surface area contributed by atoms with E-state index in [9.17, 15) is 14.4 Å². The molecule has 33 heavy (non-hydrogen) atoms. The first-order valence-corrected chi connectivity index (χ1v) is 11.0. The second kappa shape index (κ2) is 11.2. The van der Waals surface area contributed by atoms with Gasteiger partial charge in [0.25, 0.3) is 0 Å². The van der Waals surface area contributed by atoms with E-state index in [1.807, 2.05) is 12.1 Å². The van der Waals surface area contributed by atoms with Crippen molar-refractivity contribution in [3.8, 4) is 5.75 Å². The van der Waals surface area contributed by atoms with E-state index >= 15 is 0 Å². The molecule has 3 rings (SSSR count). The highest BCUT2D eigenvalue weighted by molar-refractivity contribution is 5.95. The monoisotopic (exact) mass is 460 g/mol. The van der Waals surface area contributed by atoms with Crippen LogP contribution >= 0.6 is 0 Å². The van der Waals surface area contributed by atoms with Crippen LogP contribution in [0.3, 0.4) is 0 Å². The first-order chi connectivity index (χ1) is 15.9. The lowest BCUT2D eigenvalue weighted by Crippen LogP contribution is -2.49. The number of urea groups is 1. The zero-order chi connectivity index (χ0) is 24.0. The molecule has 4 N–H and O–H groups in total. The molecule has 3 amide bonds. The van der Waals surface area contributed by atoms with Gasteiger partial charge in [-0.25, -0.2) is 9.59 Å². The first kappa shape index (κ1) is 24.5. The minimum atomic E-state index is -0.697. The fraction of sp³-hybridized carbons (Fsp3) is 0.522. The van der Waals surface area contributed by atoms with Gasteiger partial charge in [-0.05, 0) is 50.6 Å². The minimum Gasteiger partial charge on any atom is -0.496 e. The fourth-order valence-electron chi connectivity index (χ4n) is 4.29. The van der Waals surface area contributed by atoms with E-state index in [0.29, 0.717) is 61.7 Å². The van der Waals surface area contributed by atoms with E-state index in [4.69, 9.17) is 19.9 Å². The number of nitrogens with one attached hydrogen (secondary N) is 2. The van der Waals surface area contributed by atoms with Gasteiger partial charge in [0.1, 0.15) is 5.75 Å². The van der Waals surface area contributed by atoms with Crippen molar-refractivity contribution in [3.05, 3.63) is 40.6 Å². The molecule has 0 aliphatic carbocycles. The Morgan fingerprint density at radius 1 is 1.21 bits per heavy atom. The first-order valence-electron chi connectivity index (χ1n) is 11.0. The Kier molecular flexibility index (Phi) is 8.29. The summed E-state index contributed by atoms with van der Waals surface area (Å²) >= 11 is 0. The van der Waals surface area contributed by atoms with Crippen LogP contribution in [0.1, 0.15) is 36.9 Å². The number of piperidine rings is 1. The standard InChI is InChI=1S/C23H32N4O6/c1-4-33-22(29)19-17(12-27-9-7-14(8-10-27)21(24)28)25-23(30)26-20(19)15-5-6-18(32-3)16(11-15)13-31-2/h5-6,11,14,20H,4,7-10,12-13H2,1-3H3,(H2,24,28)(H2,25,26,30). The van der Waals surface area contributed by atoms with Crippen molar-refractivity contribution in [1.29, 1.82) is 0 Å². The number of rotatable bonds is 9. The lowest BCUT2D eigenvalue weighted by Gasteiger charge is -2.35. The molecule has 0 spiro atoms. The van der Waals surface area contributed by atoms with Gasteiger partial charge in [-0.1, -0.05) is 6.07 Å². The van der Waals surface area contributed by atoms with Crippen LogP contribution in [0.4, 0.5) is 4.79 Å². The summed E-state index contributed by atoms with van der Waals surface area (Å²) in [6.45, 7) is 3.89. The summed E-state index contributed by atoms with van der Waals surface area (Å²) in [5, 5.41) is 5.64. The topological polar surface area (TPSA) is 132 Å². The largest absolute Gasteiger partial charge is 0.496 e. The zero-order valence-corrected chi connectivity index (χ0v) is 19.3. The highest BCUT2D eigenvalue weighted by atomic mass is 16.5. The predicted octanol–water partition coefficient (Wildman–Crippen LogP) is 1.21. The number of nitrogens with two attached hydrogens (primary N) is 1.